The van der Waals surface area contributed by atoms with Gasteiger partial charge >= 0.3 is 0 Å². The van der Waals surface area contributed by atoms with Crippen LogP contribution in [0.15, 0.2) is 42.5 Å². The minimum absolute atomic E-state index is 0.119. The molecule has 0 atom stereocenters. The Morgan fingerprint density at radius 1 is 1.10 bits per heavy atom. The summed E-state index contributed by atoms with van der Waals surface area (Å²) in [7, 11) is 0. The van der Waals surface area contributed by atoms with Crippen LogP contribution in [0.5, 0.6) is 0 Å². The highest BCUT2D eigenvalue weighted by atomic mass is 35.5. The van der Waals surface area contributed by atoms with E-state index >= 15 is 0 Å². The molecule has 3 rings (SSSR count). The van der Waals surface area contributed by atoms with E-state index in [1.165, 1.54) is 0 Å². The molecule has 1 amide bonds. The van der Waals surface area contributed by atoms with Crippen LogP contribution in [-0.2, 0) is 6.42 Å². The zero-order valence-corrected chi connectivity index (χ0v) is 11.4. The van der Waals surface area contributed by atoms with Gasteiger partial charge in [-0.3, -0.25) is 9.59 Å². The zero-order valence-electron chi connectivity index (χ0n) is 10.7. The molecule has 0 aliphatic carbocycles. The first-order valence-corrected chi connectivity index (χ1v) is 6.74. The van der Waals surface area contributed by atoms with Crippen molar-refractivity contribution < 1.29 is 9.59 Å². The molecule has 0 unspecified atom stereocenters. The van der Waals surface area contributed by atoms with E-state index < -0.39 is 0 Å². The number of benzene rings is 2. The van der Waals surface area contributed by atoms with Crippen molar-refractivity contribution in [2.24, 2.45) is 0 Å². The average molecular weight is 286 g/mol. The summed E-state index contributed by atoms with van der Waals surface area (Å²) in [6.45, 7) is 0.646. The maximum absolute atomic E-state index is 12.4. The van der Waals surface area contributed by atoms with E-state index in [0.29, 0.717) is 28.3 Å². The first-order chi connectivity index (χ1) is 9.65. The van der Waals surface area contributed by atoms with Crippen molar-refractivity contribution in [3.63, 3.8) is 0 Å². The summed E-state index contributed by atoms with van der Waals surface area (Å²) in [6, 6.07) is 12.1. The predicted octanol–water partition coefficient (Wildman–Crippen LogP) is 2.86. The van der Waals surface area contributed by atoms with Crippen LogP contribution in [0.25, 0.3) is 0 Å². The van der Waals surface area contributed by atoms with E-state index in [2.05, 4.69) is 5.32 Å². The molecule has 0 aromatic heterocycles. The van der Waals surface area contributed by atoms with Crippen LogP contribution < -0.4 is 5.32 Å². The van der Waals surface area contributed by atoms with E-state index in [1.807, 2.05) is 6.07 Å². The number of ketones is 1. The maximum atomic E-state index is 12.4. The molecule has 1 aliphatic rings. The first-order valence-electron chi connectivity index (χ1n) is 6.36. The Balaban J connectivity index is 2.01. The smallest absolute Gasteiger partial charge is 0.251 e. The third-order valence-corrected chi connectivity index (χ3v) is 3.62. The predicted molar refractivity (Wildman–Crippen MR) is 77.4 cm³/mol. The van der Waals surface area contributed by atoms with Crippen molar-refractivity contribution in [2.45, 2.75) is 6.42 Å². The van der Waals surface area contributed by atoms with Gasteiger partial charge in [-0.15, -0.1) is 0 Å². The summed E-state index contributed by atoms with van der Waals surface area (Å²) in [5.41, 5.74) is 2.59. The quantitative estimate of drug-likeness (QED) is 0.863. The van der Waals surface area contributed by atoms with Crippen molar-refractivity contribution in [3.05, 3.63) is 69.7 Å². The normalized spacial score (nSPS) is 13.6. The Labute approximate surface area is 121 Å². The van der Waals surface area contributed by atoms with Gasteiger partial charge in [0.2, 0.25) is 0 Å². The van der Waals surface area contributed by atoms with Crippen LogP contribution >= 0.6 is 11.6 Å². The second-order valence-corrected chi connectivity index (χ2v) is 5.15. The number of rotatable bonds is 2. The van der Waals surface area contributed by atoms with Gasteiger partial charge in [0.05, 0.1) is 0 Å². The van der Waals surface area contributed by atoms with E-state index in [-0.39, 0.29) is 11.7 Å². The standard InChI is InChI=1S/C16H12ClNO2/c17-13-3-1-2-11(8-13)15(19)12-5-4-10-6-7-18-16(20)14(10)9-12/h1-5,8-9H,6-7H2,(H,18,20). The number of carbonyl (C=O) groups is 2. The van der Waals surface area contributed by atoms with Gasteiger partial charge in [0.25, 0.3) is 5.91 Å². The van der Waals surface area contributed by atoms with Crippen LogP contribution in [0.1, 0.15) is 31.8 Å². The van der Waals surface area contributed by atoms with Gasteiger partial charge in [0, 0.05) is 28.3 Å². The third-order valence-electron chi connectivity index (χ3n) is 3.38. The molecule has 0 saturated heterocycles. The van der Waals surface area contributed by atoms with Crippen molar-refractivity contribution >= 4 is 23.3 Å². The van der Waals surface area contributed by atoms with Gasteiger partial charge < -0.3 is 5.32 Å². The molecular weight excluding hydrogens is 274 g/mol. The minimum Gasteiger partial charge on any atom is -0.352 e. The second-order valence-electron chi connectivity index (χ2n) is 4.72. The van der Waals surface area contributed by atoms with Crippen molar-refractivity contribution in [1.82, 2.24) is 5.32 Å². The summed E-state index contributed by atoms with van der Waals surface area (Å²) in [6.07, 6.45) is 0.798. The summed E-state index contributed by atoms with van der Waals surface area (Å²) < 4.78 is 0. The minimum atomic E-state index is -0.131. The number of fused-ring (bicyclic) bond motifs is 1. The highest BCUT2D eigenvalue weighted by Gasteiger charge is 2.19. The zero-order chi connectivity index (χ0) is 14.1. The Morgan fingerprint density at radius 3 is 2.70 bits per heavy atom. The molecule has 0 saturated carbocycles. The molecule has 2 aromatic rings. The summed E-state index contributed by atoms with van der Waals surface area (Å²) in [4.78, 5) is 24.2. The number of nitrogens with one attached hydrogen (secondary N) is 1. The van der Waals surface area contributed by atoms with Crippen LogP contribution in [0.2, 0.25) is 5.02 Å². The molecule has 0 radical (unpaired) electrons. The molecule has 1 heterocycles. The van der Waals surface area contributed by atoms with Gasteiger partial charge in [0.1, 0.15) is 0 Å². The second kappa shape index (κ2) is 5.10. The van der Waals surface area contributed by atoms with E-state index in [0.717, 1.165) is 12.0 Å². The molecule has 4 heteroatoms. The molecule has 20 heavy (non-hydrogen) atoms. The highest BCUT2D eigenvalue weighted by molar-refractivity contribution is 6.31. The van der Waals surface area contributed by atoms with E-state index in [4.69, 9.17) is 11.6 Å². The average Bonchev–Trinajstić information content (AvgIpc) is 2.47. The number of hydrogen-bond acceptors (Lipinski definition) is 2. The molecule has 1 aliphatic heterocycles. The van der Waals surface area contributed by atoms with Crippen LogP contribution in [0, 0.1) is 0 Å². The monoisotopic (exact) mass is 285 g/mol. The van der Waals surface area contributed by atoms with Gasteiger partial charge in [-0.1, -0.05) is 35.9 Å². The molecule has 0 spiro atoms. The van der Waals surface area contributed by atoms with Gasteiger partial charge in [-0.2, -0.15) is 0 Å². The number of hydrogen-bond donors (Lipinski definition) is 1. The molecule has 0 bridgehead atoms. The number of halogens is 1. The summed E-state index contributed by atoms with van der Waals surface area (Å²) in [5.74, 6) is -0.249. The van der Waals surface area contributed by atoms with Crippen LogP contribution in [0.3, 0.4) is 0 Å². The Morgan fingerprint density at radius 2 is 1.90 bits per heavy atom. The number of amides is 1. The fourth-order valence-electron chi connectivity index (χ4n) is 2.35. The fourth-order valence-corrected chi connectivity index (χ4v) is 2.54. The Hall–Kier alpha value is -2.13. The van der Waals surface area contributed by atoms with Crippen LogP contribution in [0.4, 0.5) is 0 Å². The Bertz CT molecular complexity index is 709. The van der Waals surface area contributed by atoms with Gasteiger partial charge in [0.15, 0.2) is 5.78 Å². The molecule has 1 N–H and O–H groups in total. The summed E-state index contributed by atoms with van der Waals surface area (Å²) in [5, 5.41) is 3.30. The SMILES string of the molecule is O=C(c1cccc(Cl)c1)c1ccc2c(c1)C(=O)NCC2. The van der Waals surface area contributed by atoms with Crippen LogP contribution in [-0.4, -0.2) is 18.2 Å². The Kier molecular flexibility index (Phi) is 3.28. The van der Waals surface area contributed by atoms with Crippen molar-refractivity contribution in [3.8, 4) is 0 Å². The molecular formula is C16H12ClNO2. The van der Waals surface area contributed by atoms with Gasteiger partial charge in [-0.05, 0) is 30.2 Å². The topological polar surface area (TPSA) is 46.2 Å². The number of carbonyl (C=O) groups excluding carboxylic acids is 2. The summed E-state index contributed by atoms with van der Waals surface area (Å²) >= 11 is 5.90. The lowest BCUT2D eigenvalue weighted by molar-refractivity contribution is 0.0946. The molecule has 2 aromatic carbocycles. The van der Waals surface area contributed by atoms with Crippen molar-refractivity contribution in [2.75, 3.05) is 6.54 Å². The third kappa shape index (κ3) is 2.32. The molecule has 100 valence electrons. The lowest BCUT2D eigenvalue weighted by Crippen LogP contribution is -2.32. The van der Waals surface area contributed by atoms with E-state index in [9.17, 15) is 9.59 Å². The van der Waals surface area contributed by atoms with Crippen molar-refractivity contribution in [1.29, 1.82) is 0 Å². The first kappa shape index (κ1) is 12.9. The maximum Gasteiger partial charge on any atom is 0.251 e. The molecule has 0 fully saturated rings. The fraction of sp³-hybridized carbons (Fsp3) is 0.125. The van der Waals surface area contributed by atoms with E-state index in [1.54, 1.807) is 36.4 Å². The lowest BCUT2D eigenvalue weighted by Gasteiger charge is -2.16. The largest absolute Gasteiger partial charge is 0.352 e. The lowest BCUT2D eigenvalue weighted by atomic mass is 9.94. The van der Waals surface area contributed by atoms with Gasteiger partial charge in [-0.25, -0.2) is 0 Å². The highest BCUT2D eigenvalue weighted by Crippen LogP contribution is 2.19. The molecule has 3 nitrogen and oxygen atoms in total.